The van der Waals surface area contributed by atoms with Gasteiger partial charge in [0, 0.05) is 13.2 Å². The summed E-state index contributed by atoms with van der Waals surface area (Å²) < 4.78 is 5.39. The van der Waals surface area contributed by atoms with Gasteiger partial charge in [0.15, 0.2) is 0 Å². The number of likely N-dealkylation sites (N-methyl/N-ethyl adjacent to an activating group) is 1. The number of rotatable bonds is 7. The molecule has 1 aromatic rings. The summed E-state index contributed by atoms with van der Waals surface area (Å²) >= 11 is 0. The van der Waals surface area contributed by atoms with Gasteiger partial charge in [-0.05, 0) is 56.8 Å². The highest BCUT2D eigenvalue weighted by Gasteiger charge is 2.14. The Balaban J connectivity index is 2.76. The first-order valence-electron chi connectivity index (χ1n) is 6.89. The summed E-state index contributed by atoms with van der Waals surface area (Å²) in [7, 11) is 1.78. The molecule has 0 bridgehead atoms. The van der Waals surface area contributed by atoms with Crippen molar-refractivity contribution in [3.63, 3.8) is 0 Å². The van der Waals surface area contributed by atoms with Crippen LogP contribution in [-0.2, 0) is 11.2 Å². The van der Waals surface area contributed by atoms with Crippen LogP contribution in [0.15, 0.2) is 18.2 Å². The van der Waals surface area contributed by atoms with Crippen molar-refractivity contribution in [1.29, 1.82) is 0 Å². The molecule has 1 N–H and O–H groups in total. The van der Waals surface area contributed by atoms with Crippen molar-refractivity contribution < 1.29 is 4.74 Å². The first kappa shape index (κ1) is 15.2. The number of aryl methyl sites for hydroxylation is 2. The van der Waals surface area contributed by atoms with Crippen LogP contribution in [0.1, 0.15) is 37.0 Å². The predicted molar refractivity (Wildman–Crippen MR) is 78.2 cm³/mol. The third-order valence-corrected chi connectivity index (χ3v) is 3.61. The van der Waals surface area contributed by atoms with Crippen LogP contribution in [0.4, 0.5) is 0 Å². The van der Waals surface area contributed by atoms with Gasteiger partial charge >= 0.3 is 0 Å². The number of nitrogens with one attached hydrogen (secondary N) is 1. The van der Waals surface area contributed by atoms with Gasteiger partial charge in [-0.1, -0.05) is 25.1 Å². The topological polar surface area (TPSA) is 21.3 Å². The first-order chi connectivity index (χ1) is 8.58. The number of benzene rings is 1. The minimum atomic E-state index is 0.304. The summed E-state index contributed by atoms with van der Waals surface area (Å²) in [5.74, 6) is 0. The fraction of sp³-hybridized carbons (Fsp3) is 0.625. The van der Waals surface area contributed by atoms with E-state index in [2.05, 4.69) is 51.2 Å². The van der Waals surface area contributed by atoms with Gasteiger partial charge in [0.05, 0.1) is 6.10 Å². The quantitative estimate of drug-likeness (QED) is 0.801. The first-order valence-corrected chi connectivity index (χ1v) is 6.89. The number of methoxy groups -OCH3 is 1. The highest BCUT2D eigenvalue weighted by atomic mass is 16.5. The zero-order valence-electron chi connectivity index (χ0n) is 12.4. The molecular formula is C16H27NO. The van der Waals surface area contributed by atoms with Crippen LogP contribution < -0.4 is 5.32 Å². The van der Waals surface area contributed by atoms with E-state index >= 15 is 0 Å². The van der Waals surface area contributed by atoms with Crippen molar-refractivity contribution in [2.45, 2.75) is 52.7 Å². The Bertz CT molecular complexity index is 342. The molecule has 0 radical (unpaired) electrons. The SMILES string of the molecule is CCNC(Cc1c(C)cccc1C)CC(C)OC. The fourth-order valence-electron chi connectivity index (χ4n) is 2.44. The van der Waals surface area contributed by atoms with E-state index in [1.807, 2.05) is 0 Å². The summed E-state index contributed by atoms with van der Waals surface area (Å²) in [6.45, 7) is 9.70. The van der Waals surface area contributed by atoms with Gasteiger partial charge in [0.1, 0.15) is 0 Å². The van der Waals surface area contributed by atoms with Crippen LogP contribution in [0.25, 0.3) is 0 Å². The van der Waals surface area contributed by atoms with Crippen molar-refractivity contribution >= 4 is 0 Å². The highest BCUT2D eigenvalue weighted by Crippen LogP contribution is 2.17. The van der Waals surface area contributed by atoms with E-state index in [-0.39, 0.29) is 0 Å². The Morgan fingerprint density at radius 2 is 1.83 bits per heavy atom. The number of hydrogen-bond donors (Lipinski definition) is 1. The van der Waals surface area contributed by atoms with E-state index in [1.165, 1.54) is 16.7 Å². The molecule has 0 amide bonds. The van der Waals surface area contributed by atoms with Gasteiger partial charge in [0.2, 0.25) is 0 Å². The van der Waals surface area contributed by atoms with Gasteiger partial charge < -0.3 is 10.1 Å². The van der Waals surface area contributed by atoms with E-state index in [4.69, 9.17) is 4.74 Å². The Labute approximate surface area is 112 Å². The molecule has 2 atom stereocenters. The molecule has 0 aliphatic heterocycles. The van der Waals surface area contributed by atoms with Crippen molar-refractivity contribution in [1.82, 2.24) is 5.32 Å². The zero-order valence-corrected chi connectivity index (χ0v) is 12.4. The summed E-state index contributed by atoms with van der Waals surface area (Å²) in [6, 6.07) is 7.02. The number of ether oxygens (including phenoxy) is 1. The third-order valence-electron chi connectivity index (χ3n) is 3.61. The lowest BCUT2D eigenvalue weighted by Gasteiger charge is -2.23. The minimum Gasteiger partial charge on any atom is -0.382 e. The van der Waals surface area contributed by atoms with Crippen molar-refractivity contribution in [2.75, 3.05) is 13.7 Å². The fourth-order valence-corrected chi connectivity index (χ4v) is 2.44. The summed E-state index contributed by atoms with van der Waals surface area (Å²) in [5, 5.41) is 3.57. The van der Waals surface area contributed by atoms with E-state index < -0.39 is 0 Å². The average molecular weight is 249 g/mol. The lowest BCUT2D eigenvalue weighted by molar-refractivity contribution is 0.101. The van der Waals surface area contributed by atoms with E-state index in [9.17, 15) is 0 Å². The molecule has 2 nitrogen and oxygen atoms in total. The molecule has 0 aliphatic rings. The van der Waals surface area contributed by atoms with Crippen molar-refractivity contribution in [2.24, 2.45) is 0 Å². The maximum absolute atomic E-state index is 5.39. The Morgan fingerprint density at radius 1 is 1.22 bits per heavy atom. The molecule has 18 heavy (non-hydrogen) atoms. The second kappa shape index (κ2) is 7.55. The molecule has 0 aromatic heterocycles. The summed E-state index contributed by atoms with van der Waals surface area (Å²) in [4.78, 5) is 0. The summed E-state index contributed by atoms with van der Waals surface area (Å²) in [6.07, 6.45) is 2.44. The second-order valence-electron chi connectivity index (χ2n) is 5.11. The lowest BCUT2D eigenvalue weighted by Crippen LogP contribution is -2.34. The molecule has 1 aromatic carbocycles. The molecular weight excluding hydrogens is 222 g/mol. The van der Waals surface area contributed by atoms with E-state index in [1.54, 1.807) is 7.11 Å². The van der Waals surface area contributed by atoms with Gasteiger partial charge in [-0.15, -0.1) is 0 Å². The van der Waals surface area contributed by atoms with Crippen LogP contribution in [0.2, 0.25) is 0 Å². The Morgan fingerprint density at radius 3 is 2.33 bits per heavy atom. The molecule has 102 valence electrons. The Hall–Kier alpha value is -0.860. The van der Waals surface area contributed by atoms with Gasteiger partial charge in [-0.25, -0.2) is 0 Å². The van der Waals surface area contributed by atoms with Crippen molar-refractivity contribution in [3.05, 3.63) is 34.9 Å². The standard InChI is InChI=1S/C16H27NO/c1-6-17-15(10-14(4)18-5)11-16-12(2)8-7-9-13(16)3/h7-9,14-15,17H,6,10-11H2,1-5H3. The molecule has 2 heteroatoms. The average Bonchev–Trinajstić information content (AvgIpc) is 2.34. The maximum atomic E-state index is 5.39. The van der Waals surface area contributed by atoms with Gasteiger partial charge in [-0.2, -0.15) is 0 Å². The third kappa shape index (κ3) is 4.43. The van der Waals surface area contributed by atoms with E-state index in [0.29, 0.717) is 12.1 Å². The smallest absolute Gasteiger partial charge is 0.0558 e. The molecule has 0 spiro atoms. The molecule has 0 saturated heterocycles. The maximum Gasteiger partial charge on any atom is 0.0558 e. The minimum absolute atomic E-state index is 0.304. The Kier molecular flexibility index (Phi) is 6.37. The van der Waals surface area contributed by atoms with Gasteiger partial charge in [0.25, 0.3) is 0 Å². The van der Waals surface area contributed by atoms with Crippen LogP contribution in [0, 0.1) is 13.8 Å². The molecule has 0 heterocycles. The molecule has 0 saturated carbocycles. The summed E-state index contributed by atoms with van der Waals surface area (Å²) in [5.41, 5.74) is 4.26. The molecule has 2 unspecified atom stereocenters. The zero-order chi connectivity index (χ0) is 13.5. The van der Waals surface area contributed by atoms with Crippen LogP contribution in [-0.4, -0.2) is 25.8 Å². The van der Waals surface area contributed by atoms with E-state index in [0.717, 1.165) is 19.4 Å². The van der Waals surface area contributed by atoms with Crippen LogP contribution in [0.5, 0.6) is 0 Å². The molecule has 0 aliphatic carbocycles. The van der Waals surface area contributed by atoms with Gasteiger partial charge in [-0.3, -0.25) is 0 Å². The lowest BCUT2D eigenvalue weighted by atomic mass is 9.94. The molecule has 1 rings (SSSR count). The van der Waals surface area contributed by atoms with Crippen LogP contribution >= 0.6 is 0 Å². The monoisotopic (exact) mass is 249 g/mol. The van der Waals surface area contributed by atoms with Crippen LogP contribution in [0.3, 0.4) is 0 Å². The number of hydrogen-bond acceptors (Lipinski definition) is 2. The molecule has 0 fully saturated rings. The largest absolute Gasteiger partial charge is 0.382 e. The normalized spacial score (nSPS) is 14.5. The van der Waals surface area contributed by atoms with Crippen molar-refractivity contribution in [3.8, 4) is 0 Å². The predicted octanol–water partition coefficient (Wildman–Crippen LogP) is 3.25. The second-order valence-corrected chi connectivity index (χ2v) is 5.11. The highest BCUT2D eigenvalue weighted by molar-refractivity contribution is 5.34.